The highest BCUT2D eigenvalue weighted by Gasteiger charge is 2.18. The Bertz CT molecular complexity index is 475. The number of para-hydroxylation sites is 1. The molecule has 0 heterocycles. The van der Waals surface area contributed by atoms with Crippen molar-refractivity contribution in [3.63, 3.8) is 0 Å². The number of rotatable bonds is 8. The molecule has 0 bridgehead atoms. The Balaban J connectivity index is 2.48. The molecular formula is C14H20N2O3S. The SMILES string of the molecule is CSCC(C)(O)CNC/C=C/c1ccccc1[N+](=O)[O-]. The quantitative estimate of drug-likeness (QED) is 0.437. The lowest BCUT2D eigenvalue weighted by Crippen LogP contribution is -2.40. The lowest BCUT2D eigenvalue weighted by Gasteiger charge is -2.22. The maximum atomic E-state index is 10.8. The van der Waals surface area contributed by atoms with Crippen molar-refractivity contribution in [3.05, 3.63) is 46.0 Å². The molecule has 6 heteroatoms. The van der Waals surface area contributed by atoms with Crippen LogP contribution in [-0.4, -0.2) is 40.7 Å². The second-order valence-corrected chi connectivity index (χ2v) is 5.65. The summed E-state index contributed by atoms with van der Waals surface area (Å²) in [6.07, 6.45) is 5.48. The van der Waals surface area contributed by atoms with Gasteiger partial charge in [-0.1, -0.05) is 24.3 Å². The van der Waals surface area contributed by atoms with E-state index in [0.717, 1.165) is 0 Å². The number of benzene rings is 1. The van der Waals surface area contributed by atoms with E-state index in [1.54, 1.807) is 43.0 Å². The molecule has 2 N–H and O–H groups in total. The molecular weight excluding hydrogens is 276 g/mol. The summed E-state index contributed by atoms with van der Waals surface area (Å²) in [5, 5.41) is 23.9. The molecule has 0 fully saturated rings. The zero-order valence-corrected chi connectivity index (χ0v) is 12.5. The summed E-state index contributed by atoms with van der Waals surface area (Å²) in [4.78, 5) is 10.4. The maximum absolute atomic E-state index is 10.8. The van der Waals surface area contributed by atoms with E-state index in [2.05, 4.69) is 5.32 Å². The predicted octanol–water partition coefficient (Wildman–Crippen LogP) is 2.31. The van der Waals surface area contributed by atoms with Crippen molar-refractivity contribution >= 4 is 23.5 Å². The first-order chi connectivity index (χ1) is 9.46. The van der Waals surface area contributed by atoms with Gasteiger partial charge >= 0.3 is 0 Å². The monoisotopic (exact) mass is 296 g/mol. The van der Waals surface area contributed by atoms with Crippen LogP contribution in [0.2, 0.25) is 0 Å². The van der Waals surface area contributed by atoms with E-state index in [1.165, 1.54) is 6.07 Å². The third kappa shape index (κ3) is 5.73. The summed E-state index contributed by atoms with van der Waals surface area (Å²) in [6, 6.07) is 6.60. The van der Waals surface area contributed by atoms with Gasteiger partial charge in [-0.25, -0.2) is 0 Å². The summed E-state index contributed by atoms with van der Waals surface area (Å²) in [5.74, 6) is 0.661. The van der Waals surface area contributed by atoms with Crippen molar-refractivity contribution in [3.8, 4) is 0 Å². The number of nitro groups is 1. The molecule has 110 valence electrons. The van der Waals surface area contributed by atoms with Gasteiger partial charge in [-0.3, -0.25) is 10.1 Å². The zero-order chi connectivity index (χ0) is 15.0. The van der Waals surface area contributed by atoms with Gasteiger partial charge in [0.2, 0.25) is 0 Å². The highest BCUT2D eigenvalue weighted by Crippen LogP contribution is 2.18. The molecule has 1 rings (SSSR count). The minimum atomic E-state index is -0.744. The number of thioether (sulfide) groups is 1. The van der Waals surface area contributed by atoms with Gasteiger partial charge in [0, 0.05) is 24.9 Å². The van der Waals surface area contributed by atoms with Crippen LogP contribution in [0.1, 0.15) is 12.5 Å². The molecule has 1 aromatic rings. The first kappa shape index (κ1) is 16.7. The first-order valence-corrected chi connectivity index (χ1v) is 7.67. The third-order valence-corrected chi connectivity index (χ3v) is 3.56. The van der Waals surface area contributed by atoms with Crippen LogP contribution in [0.25, 0.3) is 6.08 Å². The highest BCUT2D eigenvalue weighted by molar-refractivity contribution is 7.98. The second kappa shape index (κ2) is 8.04. The average Bonchev–Trinajstić information content (AvgIpc) is 2.38. The summed E-state index contributed by atoms with van der Waals surface area (Å²) < 4.78 is 0. The van der Waals surface area contributed by atoms with Crippen LogP contribution >= 0.6 is 11.8 Å². The van der Waals surface area contributed by atoms with Crippen molar-refractivity contribution in [2.45, 2.75) is 12.5 Å². The maximum Gasteiger partial charge on any atom is 0.276 e. The number of nitrogens with one attached hydrogen (secondary N) is 1. The van der Waals surface area contributed by atoms with Gasteiger partial charge in [0.25, 0.3) is 5.69 Å². The van der Waals surface area contributed by atoms with E-state index in [1.807, 2.05) is 12.3 Å². The van der Waals surface area contributed by atoms with Crippen molar-refractivity contribution in [2.75, 3.05) is 25.1 Å². The molecule has 0 aliphatic carbocycles. The van der Waals surface area contributed by atoms with E-state index in [4.69, 9.17) is 0 Å². The Hall–Kier alpha value is -1.37. The number of hydrogen-bond donors (Lipinski definition) is 2. The van der Waals surface area contributed by atoms with E-state index in [-0.39, 0.29) is 5.69 Å². The van der Waals surface area contributed by atoms with E-state index in [0.29, 0.717) is 24.4 Å². The van der Waals surface area contributed by atoms with E-state index < -0.39 is 10.5 Å². The minimum absolute atomic E-state index is 0.0955. The molecule has 20 heavy (non-hydrogen) atoms. The molecule has 0 saturated heterocycles. The molecule has 0 spiro atoms. The standard InChI is InChI=1S/C14H20N2O3S/c1-14(17,11-20-2)10-15-9-5-7-12-6-3-4-8-13(12)16(18)19/h3-8,15,17H,9-11H2,1-2H3/b7-5+. The smallest absolute Gasteiger partial charge is 0.276 e. The lowest BCUT2D eigenvalue weighted by atomic mass is 10.1. The summed E-state index contributed by atoms with van der Waals surface area (Å²) >= 11 is 1.59. The van der Waals surface area contributed by atoms with Gasteiger partial charge in [0.1, 0.15) is 0 Å². The van der Waals surface area contributed by atoms with Crippen LogP contribution in [-0.2, 0) is 0 Å². The van der Waals surface area contributed by atoms with Gasteiger partial charge in [0.05, 0.1) is 16.1 Å². The first-order valence-electron chi connectivity index (χ1n) is 6.28. The second-order valence-electron chi connectivity index (χ2n) is 4.78. The summed E-state index contributed by atoms with van der Waals surface area (Å²) in [5.41, 5.74) is -0.0697. The highest BCUT2D eigenvalue weighted by atomic mass is 32.2. The molecule has 0 aliphatic heterocycles. The van der Waals surface area contributed by atoms with Gasteiger partial charge in [-0.15, -0.1) is 0 Å². The fraction of sp³-hybridized carbons (Fsp3) is 0.429. The van der Waals surface area contributed by atoms with Crippen molar-refractivity contribution in [1.29, 1.82) is 0 Å². The van der Waals surface area contributed by atoms with Crippen LogP contribution in [0, 0.1) is 10.1 Å². The summed E-state index contributed by atoms with van der Waals surface area (Å²) in [7, 11) is 0. The van der Waals surface area contributed by atoms with Crippen molar-refractivity contribution in [2.24, 2.45) is 0 Å². The number of nitro benzene ring substituents is 1. The number of hydrogen-bond acceptors (Lipinski definition) is 5. The van der Waals surface area contributed by atoms with Crippen LogP contribution in [0.5, 0.6) is 0 Å². The lowest BCUT2D eigenvalue weighted by molar-refractivity contribution is -0.385. The Morgan fingerprint density at radius 2 is 2.20 bits per heavy atom. The predicted molar refractivity (Wildman–Crippen MR) is 84.0 cm³/mol. The Labute approximate surface area is 123 Å². The van der Waals surface area contributed by atoms with E-state index >= 15 is 0 Å². The minimum Gasteiger partial charge on any atom is -0.388 e. The summed E-state index contributed by atoms with van der Waals surface area (Å²) in [6.45, 7) is 2.81. The number of aliphatic hydroxyl groups is 1. The van der Waals surface area contributed by atoms with Crippen LogP contribution in [0.4, 0.5) is 5.69 Å². The van der Waals surface area contributed by atoms with Crippen LogP contribution < -0.4 is 5.32 Å². The van der Waals surface area contributed by atoms with E-state index in [9.17, 15) is 15.2 Å². The fourth-order valence-electron chi connectivity index (χ4n) is 1.77. The Kier molecular flexibility index (Phi) is 6.70. The van der Waals surface area contributed by atoms with Gasteiger partial charge < -0.3 is 10.4 Å². The average molecular weight is 296 g/mol. The van der Waals surface area contributed by atoms with Crippen molar-refractivity contribution in [1.82, 2.24) is 5.32 Å². The van der Waals surface area contributed by atoms with Crippen LogP contribution in [0.15, 0.2) is 30.3 Å². The molecule has 1 aromatic carbocycles. The zero-order valence-electron chi connectivity index (χ0n) is 11.7. The van der Waals surface area contributed by atoms with Gasteiger partial charge in [-0.2, -0.15) is 11.8 Å². The largest absolute Gasteiger partial charge is 0.388 e. The third-order valence-electron chi connectivity index (χ3n) is 2.65. The normalized spacial score (nSPS) is 14.3. The van der Waals surface area contributed by atoms with Crippen molar-refractivity contribution < 1.29 is 10.0 Å². The molecule has 0 aromatic heterocycles. The molecule has 1 unspecified atom stereocenters. The Morgan fingerprint density at radius 3 is 2.85 bits per heavy atom. The Morgan fingerprint density at radius 1 is 1.50 bits per heavy atom. The molecule has 0 aliphatic rings. The van der Waals surface area contributed by atoms with Gasteiger partial charge in [0.15, 0.2) is 0 Å². The van der Waals surface area contributed by atoms with Gasteiger partial charge in [-0.05, 0) is 19.2 Å². The molecule has 1 atom stereocenters. The molecule has 5 nitrogen and oxygen atoms in total. The molecule has 0 saturated carbocycles. The topological polar surface area (TPSA) is 75.4 Å². The molecule has 0 amide bonds. The number of nitrogens with zero attached hydrogens (tertiary/aromatic N) is 1. The molecule has 0 radical (unpaired) electrons. The fourth-order valence-corrected chi connectivity index (χ4v) is 2.49. The van der Waals surface area contributed by atoms with Crippen LogP contribution in [0.3, 0.4) is 0 Å².